The van der Waals surface area contributed by atoms with Gasteiger partial charge in [-0.15, -0.1) is 0 Å². The number of halogens is 1. The average Bonchev–Trinajstić information content (AvgIpc) is 3.80. The fourth-order valence-electron chi connectivity index (χ4n) is 7.79. The van der Waals surface area contributed by atoms with Gasteiger partial charge in [0.2, 0.25) is 24.1 Å². The third-order valence-electron chi connectivity index (χ3n) is 11.0. The number of likely N-dealkylation sites (tertiary alicyclic amines) is 1. The molecule has 2 aromatic rings. The van der Waals surface area contributed by atoms with Gasteiger partial charge in [-0.1, -0.05) is 59.4 Å². The second-order valence-electron chi connectivity index (χ2n) is 14.5. The minimum atomic E-state index is -0.838. The van der Waals surface area contributed by atoms with E-state index >= 15 is 4.39 Å². The first kappa shape index (κ1) is 35.5. The predicted octanol–water partition coefficient (Wildman–Crippen LogP) is 6.19. The van der Waals surface area contributed by atoms with Gasteiger partial charge < -0.3 is 15.5 Å². The lowest BCUT2D eigenvalue weighted by Gasteiger charge is -2.37. The Kier molecular flexibility index (Phi) is 11.9. The van der Waals surface area contributed by atoms with Crippen LogP contribution in [0.1, 0.15) is 116 Å². The summed E-state index contributed by atoms with van der Waals surface area (Å²) in [6.07, 6.45) is 12.1. The number of aromatic nitrogens is 2. The van der Waals surface area contributed by atoms with Crippen molar-refractivity contribution >= 4 is 35.6 Å². The standard InChI is InChI=1S/C37H53FN6O4/c1-5-32(46)41-34(37(48)42-20-17-25(3)18-21-42)26(4)28-14-15-31(30(38)22-28)40-36(47)35(27-12-10-24(2)11-13-27)43(23-45)33-16-19-39-44(33)29-8-6-7-9-29/h14-16,19,22-27,29,34-35H,5-13,17-18,20-21H2,1-4H3,(H,40,47)(H,41,46)/t24?,26-,27?,34+,35-/m0/s1. The Labute approximate surface area is 284 Å². The predicted molar refractivity (Wildman–Crippen MR) is 184 cm³/mol. The van der Waals surface area contributed by atoms with Crippen LogP contribution in [0, 0.1) is 23.6 Å². The van der Waals surface area contributed by atoms with Gasteiger partial charge in [-0.25, -0.2) is 9.07 Å². The zero-order valence-corrected chi connectivity index (χ0v) is 29.0. The first-order chi connectivity index (χ1) is 23.1. The summed E-state index contributed by atoms with van der Waals surface area (Å²) in [4.78, 5) is 56.3. The van der Waals surface area contributed by atoms with Crippen molar-refractivity contribution in [2.45, 2.75) is 122 Å². The molecule has 3 aliphatic rings. The van der Waals surface area contributed by atoms with Gasteiger partial charge in [0.1, 0.15) is 23.7 Å². The van der Waals surface area contributed by atoms with E-state index in [1.165, 1.54) is 17.0 Å². The van der Waals surface area contributed by atoms with Crippen molar-refractivity contribution in [2.75, 3.05) is 23.3 Å². The molecular weight excluding hydrogens is 611 g/mol. The molecule has 1 saturated heterocycles. The number of benzene rings is 1. The molecule has 1 aromatic carbocycles. The summed E-state index contributed by atoms with van der Waals surface area (Å²) in [5.74, 6) is -0.411. The zero-order valence-electron chi connectivity index (χ0n) is 29.0. The number of hydrogen-bond acceptors (Lipinski definition) is 5. The van der Waals surface area contributed by atoms with Crippen molar-refractivity contribution in [1.82, 2.24) is 20.0 Å². The molecule has 3 fully saturated rings. The Bertz CT molecular complexity index is 1420. The van der Waals surface area contributed by atoms with Crippen LogP contribution in [0.3, 0.4) is 0 Å². The van der Waals surface area contributed by atoms with E-state index in [4.69, 9.17) is 0 Å². The summed E-state index contributed by atoms with van der Waals surface area (Å²) >= 11 is 0. The van der Waals surface area contributed by atoms with E-state index in [-0.39, 0.29) is 35.9 Å². The third kappa shape index (κ3) is 8.09. The normalized spacial score (nSPS) is 22.5. The van der Waals surface area contributed by atoms with E-state index in [0.717, 1.165) is 70.6 Å². The average molecular weight is 665 g/mol. The lowest BCUT2D eigenvalue weighted by atomic mass is 9.78. The van der Waals surface area contributed by atoms with E-state index in [9.17, 15) is 19.2 Å². The topological polar surface area (TPSA) is 117 Å². The summed E-state index contributed by atoms with van der Waals surface area (Å²) in [6.45, 7) is 9.18. The summed E-state index contributed by atoms with van der Waals surface area (Å²) in [7, 11) is 0. The number of anilines is 2. The molecule has 5 rings (SSSR count). The third-order valence-corrected chi connectivity index (χ3v) is 11.0. The highest BCUT2D eigenvalue weighted by Gasteiger charge is 2.39. The van der Waals surface area contributed by atoms with Crippen molar-refractivity contribution in [2.24, 2.45) is 17.8 Å². The molecule has 2 heterocycles. The quantitative estimate of drug-likeness (QED) is 0.263. The van der Waals surface area contributed by atoms with Gasteiger partial charge in [0.25, 0.3) is 0 Å². The molecule has 10 nitrogen and oxygen atoms in total. The van der Waals surface area contributed by atoms with Gasteiger partial charge in [0.05, 0.1) is 17.9 Å². The van der Waals surface area contributed by atoms with E-state index < -0.39 is 29.7 Å². The number of piperidine rings is 1. The molecule has 2 saturated carbocycles. The van der Waals surface area contributed by atoms with E-state index in [1.807, 2.05) is 11.6 Å². The number of carbonyl (C=O) groups is 4. The minimum absolute atomic E-state index is 0.00534. The highest BCUT2D eigenvalue weighted by atomic mass is 19.1. The Hall–Kier alpha value is -3.76. The van der Waals surface area contributed by atoms with Crippen LogP contribution in [0.2, 0.25) is 0 Å². The molecule has 3 atom stereocenters. The maximum absolute atomic E-state index is 15.8. The van der Waals surface area contributed by atoms with Crippen molar-refractivity contribution in [3.63, 3.8) is 0 Å². The van der Waals surface area contributed by atoms with Crippen molar-refractivity contribution in [1.29, 1.82) is 0 Å². The number of nitrogens with one attached hydrogen (secondary N) is 2. The van der Waals surface area contributed by atoms with Gasteiger partial charge in [-0.3, -0.25) is 24.1 Å². The molecule has 0 bridgehead atoms. The maximum atomic E-state index is 15.8. The molecule has 1 aromatic heterocycles. The Morgan fingerprint density at radius 2 is 1.67 bits per heavy atom. The van der Waals surface area contributed by atoms with E-state index in [2.05, 4.69) is 29.6 Å². The first-order valence-corrected chi connectivity index (χ1v) is 18.1. The number of carbonyl (C=O) groups excluding carboxylic acids is 4. The first-order valence-electron chi connectivity index (χ1n) is 18.1. The molecule has 0 radical (unpaired) electrons. The van der Waals surface area contributed by atoms with Crippen molar-refractivity contribution in [3.05, 3.63) is 41.8 Å². The summed E-state index contributed by atoms with van der Waals surface area (Å²) in [5.41, 5.74) is 0.546. The molecule has 0 spiro atoms. The highest BCUT2D eigenvalue weighted by molar-refractivity contribution is 6.00. The van der Waals surface area contributed by atoms with Crippen LogP contribution < -0.4 is 15.5 Å². The lowest BCUT2D eigenvalue weighted by molar-refractivity contribution is -0.138. The van der Waals surface area contributed by atoms with Crippen LogP contribution in [-0.4, -0.2) is 64.0 Å². The zero-order chi connectivity index (χ0) is 34.4. The van der Waals surface area contributed by atoms with Crippen LogP contribution in [0.15, 0.2) is 30.5 Å². The Morgan fingerprint density at radius 1 is 1.00 bits per heavy atom. The maximum Gasteiger partial charge on any atom is 0.247 e. The second kappa shape index (κ2) is 16.1. The van der Waals surface area contributed by atoms with E-state index in [0.29, 0.717) is 36.3 Å². The molecule has 2 aliphatic carbocycles. The molecule has 2 N–H and O–H groups in total. The van der Waals surface area contributed by atoms with Crippen molar-refractivity contribution in [3.8, 4) is 0 Å². The molecule has 262 valence electrons. The lowest BCUT2D eigenvalue weighted by Crippen LogP contribution is -2.52. The van der Waals surface area contributed by atoms with Gasteiger partial charge in [-0.05, 0) is 74.0 Å². The minimum Gasteiger partial charge on any atom is -0.344 e. The molecule has 1 aliphatic heterocycles. The van der Waals surface area contributed by atoms with Gasteiger partial charge in [-0.2, -0.15) is 5.10 Å². The molecule has 4 amide bonds. The molecular formula is C37H53FN6O4. The fourth-order valence-corrected chi connectivity index (χ4v) is 7.79. The highest BCUT2D eigenvalue weighted by Crippen LogP contribution is 2.37. The van der Waals surface area contributed by atoms with Gasteiger partial charge >= 0.3 is 0 Å². The van der Waals surface area contributed by atoms with Crippen LogP contribution in [0.25, 0.3) is 0 Å². The van der Waals surface area contributed by atoms with Crippen LogP contribution >= 0.6 is 0 Å². The summed E-state index contributed by atoms with van der Waals surface area (Å²) in [5, 5.41) is 10.2. The Balaban J connectivity index is 1.38. The van der Waals surface area contributed by atoms with Crippen molar-refractivity contribution < 1.29 is 23.6 Å². The van der Waals surface area contributed by atoms with Gasteiger partial charge in [0, 0.05) is 31.5 Å². The van der Waals surface area contributed by atoms with Crippen LogP contribution in [0.4, 0.5) is 15.9 Å². The smallest absolute Gasteiger partial charge is 0.247 e. The largest absolute Gasteiger partial charge is 0.344 e. The number of amides is 4. The molecule has 11 heteroatoms. The number of nitrogens with zero attached hydrogens (tertiary/aromatic N) is 4. The monoisotopic (exact) mass is 664 g/mol. The number of hydrogen-bond donors (Lipinski definition) is 2. The fraction of sp³-hybridized carbons (Fsp3) is 0.649. The molecule has 48 heavy (non-hydrogen) atoms. The SMILES string of the molecule is CCC(=O)N[C@@H](C(=O)N1CCC(C)CC1)[C@@H](C)c1ccc(NC(=O)[C@H](C2CCC(C)CC2)N(C=O)c2ccnn2C2CCCC2)c(F)c1. The Morgan fingerprint density at radius 3 is 2.29 bits per heavy atom. The van der Waals surface area contributed by atoms with Gasteiger partial charge in [0.15, 0.2) is 0 Å². The summed E-state index contributed by atoms with van der Waals surface area (Å²) < 4.78 is 17.7. The second-order valence-corrected chi connectivity index (χ2v) is 14.5. The summed E-state index contributed by atoms with van der Waals surface area (Å²) in [6, 6.07) is 4.84. The van der Waals surface area contributed by atoms with E-state index in [1.54, 1.807) is 30.2 Å². The number of rotatable bonds is 12. The van der Waals surface area contributed by atoms with Crippen LogP contribution in [-0.2, 0) is 19.2 Å². The molecule has 0 unspecified atom stereocenters. The van der Waals surface area contributed by atoms with Crippen LogP contribution in [0.5, 0.6) is 0 Å².